The van der Waals surface area contributed by atoms with Crippen LogP contribution in [0.25, 0.3) is 0 Å². The number of carboxylic acids is 1. The Morgan fingerprint density at radius 3 is 2.26 bits per heavy atom. The lowest BCUT2D eigenvalue weighted by Crippen LogP contribution is -2.09. The topological polar surface area (TPSA) is 72.8 Å². The minimum atomic E-state index is -1.05. The third kappa shape index (κ3) is 6.71. The van der Waals surface area contributed by atoms with Crippen LogP contribution < -0.4 is 9.47 Å². The Morgan fingerprint density at radius 2 is 1.63 bits per heavy atom. The van der Waals surface area contributed by atoms with Gasteiger partial charge in [-0.1, -0.05) is 32.6 Å². The molecule has 0 aliphatic rings. The van der Waals surface area contributed by atoms with Gasteiger partial charge in [-0.2, -0.15) is 0 Å². The molecule has 0 bridgehead atoms. The quantitative estimate of drug-likeness (QED) is 0.294. The van der Waals surface area contributed by atoms with Crippen LogP contribution >= 0.6 is 15.9 Å². The summed E-state index contributed by atoms with van der Waals surface area (Å²) in [5.41, 5.74) is 0.498. The third-order valence-corrected chi connectivity index (χ3v) is 4.61. The highest BCUT2D eigenvalue weighted by molar-refractivity contribution is 9.10. The molecule has 2 aromatic carbocycles. The summed E-state index contributed by atoms with van der Waals surface area (Å²) in [5, 5.41) is 8.96. The Bertz CT molecular complexity index is 771. The normalized spacial score (nSPS) is 10.4. The first kappa shape index (κ1) is 21.0. The highest BCUT2D eigenvalue weighted by atomic mass is 79.9. The van der Waals surface area contributed by atoms with Crippen LogP contribution in [0, 0.1) is 0 Å². The number of ether oxygens (including phenoxy) is 2. The number of carboxylic acid groups (broad SMARTS) is 1. The molecule has 0 saturated heterocycles. The minimum absolute atomic E-state index is 0.109. The smallest absolute Gasteiger partial charge is 0.343 e. The molecular weight excluding hydrogens is 412 g/mol. The van der Waals surface area contributed by atoms with Gasteiger partial charge in [0.2, 0.25) is 0 Å². The highest BCUT2D eigenvalue weighted by Crippen LogP contribution is 2.27. The predicted molar refractivity (Wildman–Crippen MR) is 107 cm³/mol. The number of carbonyl (C=O) groups is 2. The maximum absolute atomic E-state index is 12.3. The van der Waals surface area contributed by atoms with Crippen LogP contribution in [0.2, 0.25) is 0 Å². The van der Waals surface area contributed by atoms with Crippen molar-refractivity contribution in [2.45, 2.75) is 39.0 Å². The van der Waals surface area contributed by atoms with Crippen molar-refractivity contribution in [2.24, 2.45) is 0 Å². The molecule has 0 atom stereocenters. The standard InChI is InChI=1S/C21H23BrO5/c1-2-3-4-5-6-13-26-17-10-7-15(8-11-17)21(25)27-19-12-9-16(20(23)24)14-18(19)22/h7-12,14H,2-6,13H2,1H3,(H,23,24). The zero-order valence-electron chi connectivity index (χ0n) is 15.2. The second-order valence-corrected chi connectivity index (χ2v) is 6.98. The SMILES string of the molecule is CCCCCCCOc1ccc(C(=O)Oc2ccc(C(=O)O)cc2Br)cc1. The molecule has 0 aliphatic carbocycles. The Balaban J connectivity index is 1.87. The first-order valence-corrected chi connectivity index (χ1v) is 9.78. The molecule has 144 valence electrons. The van der Waals surface area contributed by atoms with Crippen LogP contribution in [0.15, 0.2) is 46.9 Å². The van der Waals surface area contributed by atoms with E-state index < -0.39 is 11.9 Å². The van der Waals surface area contributed by atoms with Gasteiger partial charge in [-0.05, 0) is 64.8 Å². The summed E-state index contributed by atoms with van der Waals surface area (Å²) in [6, 6.07) is 11.0. The first-order valence-electron chi connectivity index (χ1n) is 8.99. The van der Waals surface area contributed by atoms with Crippen LogP contribution in [0.1, 0.15) is 59.7 Å². The summed E-state index contributed by atoms with van der Waals surface area (Å²) in [6.45, 7) is 2.85. The van der Waals surface area contributed by atoms with Crippen LogP contribution in [-0.4, -0.2) is 23.7 Å². The van der Waals surface area contributed by atoms with Gasteiger partial charge >= 0.3 is 11.9 Å². The van der Waals surface area contributed by atoms with Gasteiger partial charge in [-0.3, -0.25) is 0 Å². The second-order valence-electron chi connectivity index (χ2n) is 6.13. The van der Waals surface area contributed by atoms with Crippen molar-refractivity contribution >= 4 is 27.9 Å². The van der Waals surface area contributed by atoms with E-state index in [4.69, 9.17) is 14.6 Å². The summed E-state index contributed by atoms with van der Waals surface area (Å²) < 4.78 is 11.4. The van der Waals surface area contributed by atoms with Crippen molar-refractivity contribution in [2.75, 3.05) is 6.61 Å². The van der Waals surface area contributed by atoms with E-state index in [1.165, 1.54) is 37.5 Å². The molecule has 6 heteroatoms. The Hall–Kier alpha value is -2.34. The van der Waals surface area contributed by atoms with E-state index >= 15 is 0 Å². The molecule has 0 amide bonds. The van der Waals surface area contributed by atoms with Crippen molar-refractivity contribution in [3.05, 3.63) is 58.1 Å². The van der Waals surface area contributed by atoms with Gasteiger partial charge in [-0.15, -0.1) is 0 Å². The third-order valence-electron chi connectivity index (χ3n) is 3.99. The molecule has 0 aliphatic heterocycles. The van der Waals surface area contributed by atoms with Gasteiger partial charge in [-0.25, -0.2) is 9.59 Å². The van der Waals surface area contributed by atoms with Gasteiger partial charge in [0, 0.05) is 0 Å². The monoisotopic (exact) mass is 434 g/mol. The van der Waals surface area contributed by atoms with Crippen molar-refractivity contribution in [1.82, 2.24) is 0 Å². The number of hydrogen-bond donors (Lipinski definition) is 1. The zero-order chi connectivity index (χ0) is 19.6. The van der Waals surface area contributed by atoms with E-state index in [0.29, 0.717) is 22.4 Å². The van der Waals surface area contributed by atoms with Gasteiger partial charge in [0.05, 0.1) is 22.2 Å². The van der Waals surface area contributed by atoms with E-state index in [9.17, 15) is 9.59 Å². The molecule has 2 rings (SSSR count). The molecule has 0 heterocycles. The molecule has 0 fully saturated rings. The van der Waals surface area contributed by atoms with Crippen molar-refractivity contribution in [1.29, 1.82) is 0 Å². The van der Waals surface area contributed by atoms with E-state index in [1.54, 1.807) is 24.3 Å². The van der Waals surface area contributed by atoms with Gasteiger partial charge in [0.25, 0.3) is 0 Å². The van der Waals surface area contributed by atoms with E-state index in [1.807, 2.05) is 0 Å². The Kier molecular flexibility index (Phi) is 8.33. The molecule has 0 saturated carbocycles. The van der Waals surface area contributed by atoms with Crippen molar-refractivity contribution in [3.8, 4) is 11.5 Å². The molecule has 5 nitrogen and oxygen atoms in total. The van der Waals surface area contributed by atoms with Crippen LogP contribution in [-0.2, 0) is 0 Å². The van der Waals surface area contributed by atoms with E-state index in [-0.39, 0.29) is 11.3 Å². The fourth-order valence-corrected chi connectivity index (χ4v) is 2.92. The summed E-state index contributed by atoms with van der Waals surface area (Å²) in [5.74, 6) is -0.592. The van der Waals surface area contributed by atoms with E-state index in [0.717, 1.165) is 12.8 Å². The lowest BCUT2D eigenvalue weighted by atomic mass is 10.2. The molecule has 0 radical (unpaired) electrons. The molecule has 0 spiro atoms. The first-order chi connectivity index (χ1) is 13.0. The van der Waals surface area contributed by atoms with Crippen LogP contribution in [0.4, 0.5) is 0 Å². The fourth-order valence-electron chi connectivity index (χ4n) is 2.46. The summed E-state index contributed by atoms with van der Waals surface area (Å²) in [7, 11) is 0. The Morgan fingerprint density at radius 1 is 0.963 bits per heavy atom. The van der Waals surface area contributed by atoms with Gasteiger partial charge in [0.15, 0.2) is 0 Å². The number of esters is 1. The molecule has 2 aromatic rings. The summed E-state index contributed by atoms with van der Waals surface area (Å²) in [6.07, 6.45) is 5.89. The number of aromatic carboxylic acids is 1. The second kappa shape index (κ2) is 10.7. The molecule has 0 unspecified atom stereocenters. The number of unbranched alkanes of at least 4 members (excludes halogenated alkanes) is 4. The lowest BCUT2D eigenvalue weighted by molar-refractivity contribution is 0.0696. The van der Waals surface area contributed by atoms with Gasteiger partial charge in [0.1, 0.15) is 11.5 Å². The molecule has 27 heavy (non-hydrogen) atoms. The Labute approximate surface area is 167 Å². The minimum Gasteiger partial charge on any atom is -0.494 e. The number of hydrogen-bond acceptors (Lipinski definition) is 4. The zero-order valence-corrected chi connectivity index (χ0v) is 16.8. The van der Waals surface area contributed by atoms with Crippen LogP contribution in [0.3, 0.4) is 0 Å². The van der Waals surface area contributed by atoms with Crippen molar-refractivity contribution in [3.63, 3.8) is 0 Å². The molecule has 1 N–H and O–H groups in total. The molecule has 0 aromatic heterocycles. The average molecular weight is 435 g/mol. The van der Waals surface area contributed by atoms with Gasteiger partial charge < -0.3 is 14.6 Å². The number of carbonyl (C=O) groups excluding carboxylic acids is 1. The summed E-state index contributed by atoms with van der Waals surface area (Å²) in [4.78, 5) is 23.2. The highest BCUT2D eigenvalue weighted by Gasteiger charge is 2.13. The average Bonchev–Trinajstić information content (AvgIpc) is 2.66. The number of rotatable bonds is 10. The number of halogens is 1. The largest absolute Gasteiger partial charge is 0.494 e. The van der Waals surface area contributed by atoms with Crippen molar-refractivity contribution < 1.29 is 24.2 Å². The van der Waals surface area contributed by atoms with E-state index in [2.05, 4.69) is 22.9 Å². The van der Waals surface area contributed by atoms with Crippen LogP contribution in [0.5, 0.6) is 11.5 Å². The maximum atomic E-state index is 12.3. The summed E-state index contributed by atoms with van der Waals surface area (Å²) >= 11 is 3.22. The predicted octanol–water partition coefficient (Wildman–Crippen LogP) is 5.72. The fraction of sp³-hybridized carbons (Fsp3) is 0.333. The number of benzene rings is 2. The lowest BCUT2D eigenvalue weighted by Gasteiger charge is -2.09. The maximum Gasteiger partial charge on any atom is 0.343 e. The molecular formula is C21H23BrO5.